The average molecular weight is 420 g/mol. The van der Waals surface area contributed by atoms with Gasteiger partial charge in [-0.3, -0.25) is 9.36 Å². The van der Waals surface area contributed by atoms with E-state index in [-0.39, 0.29) is 16.8 Å². The Kier molecular flexibility index (Phi) is 5.37. The van der Waals surface area contributed by atoms with Gasteiger partial charge in [0.1, 0.15) is 5.82 Å². The van der Waals surface area contributed by atoms with Gasteiger partial charge < -0.3 is 10.6 Å². The summed E-state index contributed by atoms with van der Waals surface area (Å²) < 4.78 is 1.63. The number of thioether (sulfide) groups is 1. The number of hydrogen-bond donors (Lipinski definition) is 1. The molecule has 0 radical (unpaired) electrons. The maximum Gasteiger partial charge on any atom is 0.266 e. The van der Waals surface area contributed by atoms with Crippen LogP contribution in [-0.2, 0) is 0 Å². The Hall–Kier alpha value is -3.46. The molecule has 0 aliphatic carbocycles. The first-order valence-electron chi connectivity index (χ1n) is 9.36. The van der Waals surface area contributed by atoms with Crippen molar-refractivity contribution < 1.29 is 0 Å². The second-order valence-electron chi connectivity index (χ2n) is 6.89. The Balaban J connectivity index is 1.84. The van der Waals surface area contributed by atoms with E-state index in [1.54, 1.807) is 15.5 Å². The molecule has 2 N–H and O–H groups in total. The zero-order valence-corrected chi connectivity index (χ0v) is 17.7. The number of aromatic nitrogens is 5. The molecule has 1 atom stereocenters. The summed E-state index contributed by atoms with van der Waals surface area (Å²) in [6.45, 7) is 1.95. The zero-order valence-electron chi connectivity index (χ0n) is 16.9. The number of nitrogen functional groups attached to an aromatic ring is 1. The van der Waals surface area contributed by atoms with E-state index in [2.05, 4.69) is 15.0 Å². The molecule has 30 heavy (non-hydrogen) atoms. The van der Waals surface area contributed by atoms with Gasteiger partial charge in [-0.1, -0.05) is 42.1 Å². The normalized spacial score (nSPS) is 12.1. The molecule has 0 spiro atoms. The molecule has 8 nitrogen and oxygen atoms in total. The molecule has 4 aromatic rings. The van der Waals surface area contributed by atoms with Crippen molar-refractivity contribution in [3.63, 3.8) is 0 Å². The summed E-state index contributed by atoms with van der Waals surface area (Å²) in [5.74, 6) is 1.16. The van der Waals surface area contributed by atoms with E-state index in [1.165, 1.54) is 11.8 Å². The smallest absolute Gasteiger partial charge is 0.266 e. The lowest BCUT2D eigenvalue weighted by atomic mass is 10.2. The third-order valence-corrected chi connectivity index (χ3v) is 5.51. The van der Waals surface area contributed by atoms with Gasteiger partial charge in [0, 0.05) is 14.1 Å². The van der Waals surface area contributed by atoms with Crippen LogP contribution in [0.2, 0.25) is 0 Å². The Morgan fingerprint density at radius 1 is 0.967 bits per heavy atom. The molecule has 4 rings (SSSR count). The van der Waals surface area contributed by atoms with Gasteiger partial charge in [0.15, 0.2) is 5.16 Å². The molecule has 0 fully saturated rings. The van der Waals surface area contributed by atoms with Crippen LogP contribution in [0.3, 0.4) is 0 Å². The van der Waals surface area contributed by atoms with Crippen molar-refractivity contribution in [2.75, 3.05) is 24.7 Å². The maximum absolute atomic E-state index is 13.3. The summed E-state index contributed by atoms with van der Waals surface area (Å²) in [7, 11) is 3.68. The minimum Gasteiger partial charge on any atom is -0.368 e. The molecule has 1 unspecified atom stereocenters. The van der Waals surface area contributed by atoms with Crippen LogP contribution in [0.4, 0.5) is 11.9 Å². The Bertz CT molecular complexity index is 1260. The lowest BCUT2D eigenvalue weighted by molar-refractivity contribution is 0.806. The number of nitrogens with zero attached hydrogens (tertiary/aromatic N) is 6. The number of nitrogens with two attached hydrogens (primary N) is 1. The average Bonchev–Trinajstić information content (AvgIpc) is 2.74. The van der Waals surface area contributed by atoms with E-state index in [0.29, 0.717) is 27.8 Å². The summed E-state index contributed by atoms with van der Waals surface area (Å²) >= 11 is 1.40. The van der Waals surface area contributed by atoms with Crippen LogP contribution in [0.25, 0.3) is 16.6 Å². The molecule has 2 aromatic heterocycles. The summed E-state index contributed by atoms with van der Waals surface area (Å²) in [6, 6.07) is 16.8. The molecule has 0 aliphatic rings. The highest BCUT2D eigenvalue weighted by atomic mass is 32.2. The van der Waals surface area contributed by atoms with E-state index >= 15 is 0 Å². The van der Waals surface area contributed by atoms with Crippen LogP contribution in [0, 0.1) is 0 Å². The monoisotopic (exact) mass is 419 g/mol. The molecule has 0 saturated heterocycles. The first kappa shape index (κ1) is 19.8. The largest absolute Gasteiger partial charge is 0.368 e. The molecular weight excluding hydrogens is 398 g/mol. The molecular formula is C21H21N7OS. The quantitative estimate of drug-likeness (QED) is 0.389. The van der Waals surface area contributed by atoms with Crippen LogP contribution in [0.5, 0.6) is 0 Å². The predicted octanol–water partition coefficient (Wildman–Crippen LogP) is 3.07. The highest BCUT2D eigenvalue weighted by molar-refractivity contribution is 7.99. The van der Waals surface area contributed by atoms with Crippen LogP contribution in [-0.4, -0.2) is 38.6 Å². The highest BCUT2D eigenvalue weighted by Gasteiger charge is 2.20. The molecule has 0 amide bonds. The Morgan fingerprint density at radius 2 is 1.67 bits per heavy atom. The first-order valence-corrected chi connectivity index (χ1v) is 10.2. The van der Waals surface area contributed by atoms with E-state index in [4.69, 9.17) is 10.7 Å². The highest BCUT2D eigenvalue weighted by Crippen LogP contribution is 2.33. The van der Waals surface area contributed by atoms with Crippen LogP contribution >= 0.6 is 11.8 Å². The standard InChI is InChI=1S/C21H21N7OS/c1-13(17-24-19(22)26-20(25-17)27(2)3)30-21-23-16-12-8-7-11-15(16)18(29)28(21)14-9-5-4-6-10-14/h4-13H,1-3H3,(H2,22,24,25,26). The number of para-hydroxylation sites is 2. The summed E-state index contributed by atoms with van der Waals surface area (Å²) in [5.41, 5.74) is 7.16. The van der Waals surface area contributed by atoms with Crippen LogP contribution in [0.1, 0.15) is 18.0 Å². The molecule has 2 aromatic carbocycles. The maximum atomic E-state index is 13.3. The minimum atomic E-state index is -0.211. The fourth-order valence-electron chi connectivity index (χ4n) is 2.99. The fourth-order valence-corrected chi connectivity index (χ4v) is 3.96. The van der Waals surface area contributed by atoms with Gasteiger partial charge in [0.2, 0.25) is 11.9 Å². The SMILES string of the molecule is CC(Sc1nc2ccccc2c(=O)n1-c1ccccc1)c1nc(N)nc(N(C)C)n1. The third kappa shape index (κ3) is 3.84. The van der Waals surface area contributed by atoms with Crippen molar-refractivity contribution >= 4 is 34.6 Å². The van der Waals surface area contributed by atoms with Crippen LogP contribution < -0.4 is 16.2 Å². The molecule has 0 saturated carbocycles. The van der Waals surface area contributed by atoms with Gasteiger partial charge in [-0.15, -0.1) is 0 Å². The number of benzene rings is 2. The van der Waals surface area contributed by atoms with Crippen molar-refractivity contribution in [1.29, 1.82) is 0 Å². The van der Waals surface area contributed by atoms with E-state index < -0.39 is 0 Å². The van der Waals surface area contributed by atoms with Crippen molar-refractivity contribution in [1.82, 2.24) is 24.5 Å². The number of anilines is 2. The predicted molar refractivity (Wildman–Crippen MR) is 120 cm³/mol. The molecule has 0 bridgehead atoms. The number of hydrogen-bond acceptors (Lipinski definition) is 8. The number of fused-ring (bicyclic) bond motifs is 1. The van der Waals surface area contributed by atoms with Gasteiger partial charge in [0.05, 0.1) is 21.8 Å². The van der Waals surface area contributed by atoms with Crippen molar-refractivity contribution in [2.45, 2.75) is 17.3 Å². The van der Waals surface area contributed by atoms with E-state index in [1.807, 2.05) is 69.6 Å². The lowest BCUT2D eigenvalue weighted by Gasteiger charge is -2.17. The van der Waals surface area contributed by atoms with Gasteiger partial charge in [0.25, 0.3) is 5.56 Å². The van der Waals surface area contributed by atoms with Crippen molar-refractivity contribution in [3.05, 3.63) is 70.8 Å². The molecule has 2 heterocycles. The van der Waals surface area contributed by atoms with E-state index in [9.17, 15) is 4.79 Å². The second-order valence-corrected chi connectivity index (χ2v) is 8.20. The lowest BCUT2D eigenvalue weighted by Crippen LogP contribution is -2.22. The first-order chi connectivity index (χ1) is 14.4. The summed E-state index contributed by atoms with van der Waals surface area (Å²) in [6.07, 6.45) is 0. The minimum absolute atomic E-state index is 0.120. The molecule has 9 heteroatoms. The van der Waals surface area contributed by atoms with Gasteiger partial charge in [-0.2, -0.15) is 15.0 Å². The zero-order chi connectivity index (χ0) is 21.3. The third-order valence-electron chi connectivity index (χ3n) is 4.46. The Labute approximate surface area is 177 Å². The second kappa shape index (κ2) is 8.11. The molecule has 152 valence electrons. The summed E-state index contributed by atoms with van der Waals surface area (Å²) in [5, 5.41) is 0.914. The van der Waals surface area contributed by atoms with Gasteiger partial charge in [-0.05, 0) is 31.2 Å². The number of rotatable bonds is 5. The topological polar surface area (TPSA) is 103 Å². The Morgan fingerprint density at radius 3 is 2.40 bits per heavy atom. The summed E-state index contributed by atoms with van der Waals surface area (Å²) in [4.78, 5) is 32.8. The van der Waals surface area contributed by atoms with Crippen LogP contribution in [0.15, 0.2) is 64.5 Å². The fraction of sp³-hybridized carbons (Fsp3) is 0.190. The van der Waals surface area contributed by atoms with E-state index in [0.717, 1.165) is 5.69 Å². The van der Waals surface area contributed by atoms with Crippen molar-refractivity contribution in [3.8, 4) is 5.69 Å². The van der Waals surface area contributed by atoms with Gasteiger partial charge in [-0.25, -0.2) is 4.98 Å². The molecule has 0 aliphatic heterocycles. The van der Waals surface area contributed by atoms with Gasteiger partial charge >= 0.3 is 0 Å². The van der Waals surface area contributed by atoms with Crippen molar-refractivity contribution in [2.24, 2.45) is 0 Å².